The maximum Gasteiger partial charge on any atom is 0.275 e. The number of ether oxygens (including phenoxy) is 1. The summed E-state index contributed by atoms with van der Waals surface area (Å²) in [5, 5.41) is 1.11. The third-order valence-corrected chi connectivity index (χ3v) is 4.61. The van der Waals surface area contributed by atoms with Crippen molar-refractivity contribution in [2.75, 3.05) is 18.6 Å². The highest BCUT2D eigenvalue weighted by Gasteiger charge is 2.30. The molecule has 0 radical (unpaired) electrons. The summed E-state index contributed by atoms with van der Waals surface area (Å²) in [6.07, 6.45) is 0.848. The fraction of sp³-hybridized carbons (Fsp3) is 0.211. The van der Waals surface area contributed by atoms with Gasteiger partial charge in [-0.3, -0.25) is 4.79 Å². The van der Waals surface area contributed by atoms with Crippen LogP contribution in [0.3, 0.4) is 0 Å². The Morgan fingerprint density at radius 3 is 2.61 bits per heavy atom. The number of para-hydroxylation sites is 1. The van der Waals surface area contributed by atoms with Crippen LogP contribution in [0.15, 0.2) is 48.5 Å². The molecule has 0 aliphatic carbocycles. The summed E-state index contributed by atoms with van der Waals surface area (Å²) in [5.74, 6) is 0.888. The van der Waals surface area contributed by atoms with Gasteiger partial charge >= 0.3 is 0 Å². The van der Waals surface area contributed by atoms with Crippen LogP contribution in [-0.4, -0.2) is 24.1 Å². The van der Waals surface area contributed by atoms with E-state index in [0.717, 1.165) is 40.0 Å². The summed E-state index contributed by atoms with van der Waals surface area (Å²) in [6, 6.07) is 15.8. The molecule has 0 fully saturated rings. The minimum absolute atomic E-state index is 0.0649. The molecule has 0 spiro atoms. The third kappa shape index (κ3) is 2.02. The van der Waals surface area contributed by atoms with Crippen LogP contribution >= 0.6 is 0 Å². The largest absolute Gasteiger partial charge is 0.497 e. The molecule has 4 heteroatoms. The lowest BCUT2D eigenvalue weighted by Gasteiger charge is -2.27. The first-order valence-electron chi connectivity index (χ1n) is 7.73. The average Bonchev–Trinajstić information content (AvgIpc) is 2.89. The molecule has 1 amide bonds. The standard InChI is InChI=1S/C19H18N2O2/c1-20-17-9-8-14(23-2)12-16(17)15-10-11-21(19(22)18(15)20)13-6-4-3-5-7-13/h3-9,12H,10-11H2,1-2H3. The van der Waals surface area contributed by atoms with Crippen molar-refractivity contribution in [2.45, 2.75) is 6.42 Å². The summed E-state index contributed by atoms with van der Waals surface area (Å²) in [5.41, 5.74) is 3.92. The third-order valence-electron chi connectivity index (χ3n) is 4.61. The van der Waals surface area contributed by atoms with Gasteiger partial charge in [0.1, 0.15) is 11.4 Å². The molecule has 4 nitrogen and oxygen atoms in total. The molecule has 0 bridgehead atoms. The van der Waals surface area contributed by atoms with Crippen molar-refractivity contribution in [2.24, 2.45) is 7.05 Å². The number of aryl methyl sites for hydroxylation is 1. The maximum atomic E-state index is 13.0. The molecule has 1 aliphatic rings. The van der Waals surface area contributed by atoms with Crippen molar-refractivity contribution >= 4 is 22.5 Å². The minimum Gasteiger partial charge on any atom is -0.497 e. The molecular formula is C19H18N2O2. The molecule has 1 aliphatic heterocycles. The molecule has 0 saturated carbocycles. The molecule has 2 heterocycles. The molecular weight excluding hydrogens is 288 g/mol. The lowest BCUT2D eigenvalue weighted by atomic mass is 10.0. The number of anilines is 1. The smallest absolute Gasteiger partial charge is 0.275 e. The molecule has 23 heavy (non-hydrogen) atoms. The van der Waals surface area contributed by atoms with Crippen LogP contribution < -0.4 is 9.64 Å². The number of fused-ring (bicyclic) bond motifs is 3. The summed E-state index contributed by atoms with van der Waals surface area (Å²) in [7, 11) is 3.62. The zero-order valence-electron chi connectivity index (χ0n) is 13.2. The fourth-order valence-electron chi connectivity index (χ4n) is 3.46. The van der Waals surface area contributed by atoms with Crippen molar-refractivity contribution < 1.29 is 9.53 Å². The van der Waals surface area contributed by atoms with Gasteiger partial charge in [-0.1, -0.05) is 18.2 Å². The van der Waals surface area contributed by atoms with E-state index < -0.39 is 0 Å². The van der Waals surface area contributed by atoms with Gasteiger partial charge in [-0.25, -0.2) is 0 Å². The summed E-state index contributed by atoms with van der Waals surface area (Å²) >= 11 is 0. The van der Waals surface area contributed by atoms with Gasteiger partial charge in [0.15, 0.2) is 0 Å². The van der Waals surface area contributed by atoms with E-state index in [1.807, 2.05) is 65.0 Å². The van der Waals surface area contributed by atoms with Crippen LogP contribution in [0.25, 0.3) is 10.9 Å². The second-order valence-electron chi connectivity index (χ2n) is 5.81. The van der Waals surface area contributed by atoms with E-state index in [1.54, 1.807) is 7.11 Å². The second-order valence-corrected chi connectivity index (χ2v) is 5.81. The van der Waals surface area contributed by atoms with E-state index in [2.05, 4.69) is 0 Å². The highest BCUT2D eigenvalue weighted by molar-refractivity contribution is 6.11. The molecule has 1 aromatic heterocycles. The van der Waals surface area contributed by atoms with Gasteiger partial charge in [0.25, 0.3) is 5.91 Å². The van der Waals surface area contributed by atoms with Crippen LogP contribution in [0.1, 0.15) is 16.1 Å². The molecule has 0 atom stereocenters. The summed E-state index contributed by atoms with van der Waals surface area (Å²) in [6.45, 7) is 0.701. The van der Waals surface area contributed by atoms with E-state index in [9.17, 15) is 4.79 Å². The number of nitrogens with zero attached hydrogens (tertiary/aromatic N) is 2. The number of amides is 1. The zero-order chi connectivity index (χ0) is 16.0. The van der Waals surface area contributed by atoms with Gasteiger partial charge in [-0.2, -0.15) is 0 Å². The normalized spacial score (nSPS) is 14.2. The van der Waals surface area contributed by atoms with Crippen LogP contribution in [0.5, 0.6) is 5.75 Å². The number of hydrogen-bond donors (Lipinski definition) is 0. The highest BCUT2D eigenvalue weighted by atomic mass is 16.5. The van der Waals surface area contributed by atoms with Crippen LogP contribution in [0.2, 0.25) is 0 Å². The van der Waals surface area contributed by atoms with Gasteiger partial charge < -0.3 is 14.2 Å². The number of hydrogen-bond acceptors (Lipinski definition) is 2. The number of carbonyl (C=O) groups excluding carboxylic acids is 1. The number of carbonyl (C=O) groups is 1. The van der Waals surface area contributed by atoms with Gasteiger partial charge in [0, 0.05) is 30.2 Å². The zero-order valence-corrected chi connectivity index (χ0v) is 13.2. The molecule has 0 N–H and O–H groups in total. The Morgan fingerprint density at radius 2 is 1.87 bits per heavy atom. The molecule has 0 saturated heterocycles. The van der Waals surface area contributed by atoms with Crippen molar-refractivity contribution in [3.8, 4) is 5.75 Å². The van der Waals surface area contributed by atoms with Gasteiger partial charge in [0.05, 0.1) is 7.11 Å². The molecule has 2 aromatic carbocycles. The predicted octanol–water partition coefficient (Wildman–Crippen LogP) is 3.39. The van der Waals surface area contributed by atoms with E-state index >= 15 is 0 Å². The number of methoxy groups -OCH3 is 1. The Morgan fingerprint density at radius 1 is 1.09 bits per heavy atom. The Bertz CT molecular complexity index is 897. The maximum absolute atomic E-state index is 13.0. The molecule has 116 valence electrons. The Hall–Kier alpha value is -2.75. The number of aromatic nitrogens is 1. The van der Waals surface area contributed by atoms with Crippen LogP contribution in [0.4, 0.5) is 5.69 Å². The Balaban J connectivity index is 1.87. The highest BCUT2D eigenvalue weighted by Crippen LogP contribution is 2.33. The average molecular weight is 306 g/mol. The Labute approximate surface area is 134 Å². The van der Waals surface area contributed by atoms with Gasteiger partial charge in [0.2, 0.25) is 0 Å². The van der Waals surface area contributed by atoms with Crippen LogP contribution in [-0.2, 0) is 13.5 Å². The second kappa shape index (κ2) is 5.16. The van der Waals surface area contributed by atoms with Crippen molar-refractivity contribution in [3.05, 3.63) is 59.8 Å². The SMILES string of the molecule is COc1ccc2c(c1)c1c(n2C)C(=O)N(c2ccccc2)CC1. The monoisotopic (exact) mass is 306 g/mol. The quantitative estimate of drug-likeness (QED) is 0.727. The van der Waals surface area contributed by atoms with E-state index in [0.29, 0.717) is 6.54 Å². The summed E-state index contributed by atoms with van der Waals surface area (Å²) in [4.78, 5) is 14.9. The number of rotatable bonds is 2. The van der Waals surface area contributed by atoms with E-state index in [-0.39, 0.29) is 5.91 Å². The Kier molecular flexibility index (Phi) is 3.11. The molecule has 3 aromatic rings. The first-order chi connectivity index (χ1) is 11.2. The molecule has 4 rings (SSSR count). The topological polar surface area (TPSA) is 34.5 Å². The van der Waals surface area contributed by atoms with Crippen molar-refractivity contribution in [1.82, 2.24) is 4.57 Å². The van der Waals surface area contributed by atoms with Gasteiger partial charge in [-0.15, -0.1) is 0 Å². The van der Waals surface area contributed by atoms with Crippen LogP contribution in [0, 0.1) is 0 Å². The fourth-order valence-corrected chi connectivity index (χ4v) is 3.46. The number of benzene rings is 2. The first kappa shape index (κ1) is 13.9. The van der Waals surface area contributed by atoms with Crippen molar-refractivity contribution in [1.29, 1.82) is 0 Å². The lowest BCUT2D eigenvalue weighted by Crippen LogP contribution is -2.38. The van der Waals surface area contributed by atoms with Gasteiger partial charge in [-0.05, 0) is 42.3 Å². The van der Waals surface area contributed by atoms with Crippen molar-refractivity contribution in [3.63, 3.8) is 0 Å². The summed E-state index contributed by atoms with van der Waals surface area (Å²) < 4.78 is 7.34. The van der Waals surface area contributed by atoms with E-state index in [4.69, 9.17) is 4.74 Å². The minimum atomic E-state index is 0.0649. The predicted molar refractivity (Wildman–Crippen MR) is 91.3 cm³/mol. The van der Waals surface area contributed by atoms with E-state index in [1.165, 1.54) is 0 Å². The first-order valence-corrected chi connectivity index (χ1v) is 7.73. The lowest BCUT2D eigenvalue weighted by molar-refractivity contribution is 0.0973. The molecule has 0 unspecified atom stereocenters.